The van der Waals surface area contributed by atoms with E-state index in [1.54, 1.807) is 30.3 Å². The third-order valence-electron chi connectivity index (χ3n) is 4.41. The van der Waals surface area contributed by atoms with Gasteiger partial charge in [-0.3, -0.25) is 9.52 Å². The molecule has 0 atom stereocenters. The lowest BCUT2D eigenvalue weighted by Gasteiger charge is -2.12. The van der Waals surface area contributed by atoms with Gasteiger partial charge in [0.25, 0.3) is 10.0 Å². The third-order valence-corrected chi connectivity index (χ3v) is 6.27. The molecule has 7 nitrogen and oxygen atoms in total. The summed E-state index contributed by atoms with van der Waals surface area (Å²) in [5.41, 5.74) is 0.688. The highest BCUT2D eigenvalue weighted by Crippen LogP contribution is 2.27. The molecule has 0 saturated heterocycles. The lowest BCUT2D eigenvalue weighted by Crippen LogP contribution is -2.16. The van der Waals surface area contributed by atoms with Crippen LogP contribution in [0.15, 0.2) is 77.7 Å². The Labute approximate surface area is 192 Å². The first-order chi connectivity index (χ1) is 15.4. The minimum Gasteiger partial charge on any atom is -0.497 e. The number of carbonyl (C=O) groups excluding carboxylic acids is 1. The van der Waals surface area contributed by atoms with E-state index in [0.29, 0.717) is 30.2 Å². The van der Waals surface area contributed by atoms with Crippen LogP contribution < -0.4 is 19.5 Å². The van der Waals surface area contributed by atoms with Crippen molar-refractivity contribution in [2.45, 2.75) is 17.7 Å². The Morgan fingerprint density at radius 2 is 1.62 bits per heavy atom. The van der Waals surface area contributed by atoms with Gasteiger partial charge >= 0.3 is 0 Å². The van der Waals surface area contributed by atoms with Gasteiger partial charge in [0.2, 0.25) is 5.91 Å². The number of halogens is 1. The Morgan fingerprint density at radius 1 is 0.938 bits per heavy atom. The molecule has 0 heterocycles. The minimum absolute atomic E-state index is 0.0419. The zero-order valence-electron chi connectivity index (χ0n) is 17.4. The Morgan fingerprint density at radius 3 is 2.31 bits per heavy atom. The second kappa shape index (κ2) is 10.9. The number of hydrogen-bond donors (Lipinski definition) is 2. The molecule has 0 saturated carbocycles. The van der Waals surface area contributed by atoms with Crippen molar-refractivity contribution in [2.75, 3.05) is 23.8 Å². The molecular formula is C23H23ClN2O5S. The van der Waals surface area contributed by atoms with E-state index in [9.17, 15) is 13.2 Å². The summed E-state index contributed by atoms with van der Waals surface area (Å²) in [6.07, 6.45) is 0.736. The Hall–Kier alpha value is -3.23. The summed E-state index contributed by atoms with van der Waals surface area (Å²) < 4.78 is 38.7. The molecule has 0 fully saturated rings. The fourth-order valence-corrected chi connectivity index (χ4v) is 4.40. The molecule has 2 N–H and O–H groups in total. The number of methoxy groups -OCH3 is 1. The smallest absolute Gasteiger partial charge is 0.263 e. The first kappa shape index (κ1) is 23.4. The molecule has 0 unspecified atom stereocenters. The Bertz CT molecular complexity index is 1150. The van der Waals surface area contributed by atoms with Crippen LogP contribution in [-0.2, 0) is 14.8 Å². The van der Waals surface area contributed by atoms with Gasteiger partial charge in [-0.15, -0.1) is 0 Å². The highest BCUT2D eigenvalue weighted by atomic mass is 35.5. The minimum atomic E-state index is -3.97. The number of hydrogen-bond acceptors (Lipinski definition) is 5. The van der Waals surface area contributed by atoms with Crippen molar-refractivity contribution < 1.29 is 22.7 Å². The molecule has 9 heteroatoms. The lowest BCUT2D eigenvalue weighted by atomic mass is 10.2. The summed E-state index contributed by atoms with van der Waals surface area (Å²) in [5.74, 6) is 1.09. The quantitative estimate of drug-likeness (QED) is 0.405. The number of rotatable bonds is 10. The van der Waals surface area contributed by atoms with Crippen molar-refractivity contribution in [1.82, 2.24) is 0 Å². The number of para-hydroxylation sites is 1. The van der Waals surface area contributed by atoms with Gasteiger partial charge in [-0.2, -0.15) is 0 Å². The van der Waals surface area contributed by atoms with Gasteiger partial charge in [-0.05, 0) is 61.0 Å². The molecular weight excluding hydrogens is 452 g/mol. The van der Waals surface area contributed by atoms with Crippen molar-refractivity contribution >= 4 is 38.9 Å². The molecule has 0 radical (unpaired) electrons. The molecule has 0 aliphatic heterocycles. The molecule has 3 aromatic rings. The maximum Gasteiger partial charge on any atom is 0.263 e. The van der Waals surface area contributed by atoms with Crippen LogP contribution in [-0.4, -0.2) is 28.0 Å². The third kappa shape index (κ3) is 6.63. The Kier molecular flexibility index (Phi) is 7.97. The van der Waals surface area contributed by atoms with Crippen molar-refractivity contribution in [3.8, 4) is 11.5 Å². The van der Waals surface area contributed by atoms with Crippen LogP contribution in [0, 0.1) is 0 Å². The fourth-order valence-electron chi connectivity index (χ4n) is 2.82. The molecule has 1 amide bonds. The summed E-state index contributed by atoms with van der Waals surface area (Å²) in [6.45, 7) is 0.392. The molecule has 0 bridgehead atoms. The first-order valence-corrected chi connectivity index (χ1v) is 11.7. The van der Waals surface area contributed by atoms with Gasteiger partial charge in [0.15, 0.2) is 0 Å². The predicted molar refractivity (Wildman–Crippen MR) is 125 cm³/mol. The van der Waals surface area contributed by atoms with Gasteiger partial charge in [0, 0.05) is 17.8 Å². The van der Waals surface area contributed by atoms with Gasteiger partial charge in [0.1, 0.15) is 16.4 Å². The average molecular weight is 475 g/mol. The maximum atomic E-state index is 12.8. The Balaban J connectivity index is 1.59. The molecule has 0 aliphatic carbocycles. The number of sulfonamides is 1. The zero-order valence-corrected chi connectivity index (χ0v) is 18.9. The molecule has 0 spiro atoms. The lowest BCUT2D eigenvalue weighted by molar-refractivity contribution is -0.116. The average Bonchev–Trinajstić information content (AvgIpc) is 2.79. The largest absolute Gasteiger partial charge is 0.497 e. The van der Waals surface area contributed by atoms with Crippen LogP contribution in [0.5, 0.6) is 11.5 Å². The highest BCUT2D eigenvalue weighted by molar-refractivity contribution is 7.92. The van der Waals surface area contributed by atoms with Gasteiger partial charge in [-0.1, -0.05) is 29.8 Å². The molecule has 0 aromatic heterocycles. The van der Waals surface area contributed by atoms with Crippen LogP contribution in [0.1, 0.15) is 12.8 Å². The van der Waals surface area contributed by atoms with Crippen LogP contribution in [0.25, 0.3) is 0 Å². The van der Waals surface area contributed by atoms with Gasteiger partial charge < -0.3 is 14.8 Å². The van der Waals surface area contributed by atoms with Crippen molar-refractivity contribution in [1.29, 1.82) is 0 Å². The molecule has 3 rings (SSSR count). The molecule has 32 heavy (non-hydrogen) atoms. The van der Waals surface area contributed by atoms with Crippen molar-refractivity contribution in [2.24, 2.45) is 0 Å². The zero-order chi connectivity index (χ0) is 23.0. The number of anilines is 2. The van der Waals surface area contributed by atoms with Crippen LogP contribution in [0.2, 0.25) is 5.02 Å². The normalized spacial score (nSPS) is 10.9. The van der Waals surface area contributed by atoms with E-state index in [2.05, 4.69) is 10.0 Å². The summed E-state index contributed by atoms with van der Waals surface area (Å²) in [7, 11) is -2.44. The second-order valence-corrected chi connectivity index (χ2v) is 8.85. The predicted octanol–water partition coefficient (Wildman–Crippen LogP) is 4.95. The van der Waals surface area contributed by atoms with E-state index >= 15 is 0 Å². The van der Waals surface area contributed by atoms with E-state index in [-0.39, 0.29) is 22.2 Å². The summed E-state index contributed by atoms with van der Waals surface area (Å²) in [4.78, 5) is 12.1. The van der Waals surface area contributed by atoms with E-state index in [1.165, 1.54) is 19.2 Å². The van der Waals surface area contributed by atoms with Crippen molar-refractivity contribution in [3.63, 3.8) is 0 Å². The van der Waals surface area contributed by atoms with E-state index in [0.717, 1.165) is 5.75 Å². The highest BCUT2D eigenvalue weighted by Gasteiger charge is 2.19. The fraction of sp³-hybridized carbons (Fsp3) is 0.174. The van der Waals surface area contributed by atoms with Crippen LogP contribution in [0.4, 0.5) is 11.4 Å². The summed E-state index contributed by atoms with van der Waals surface area (Å²) in [6, 6.07) is 20.1. The van der Waals surface area contributed by atoms with Gasteiger partial charge in [0.05, 0.1) is 18.7 Å². The molecule has 168 valence electrons. The maximum absolute atomic E-state index is 12.8. The summed E-state index contributed by atoms with van der Waals surface area (Å²) >= 11 is 6.12. The number of nitrogens with one attached hydrogen (secondary N) is 2. The van der Waals surface area contributed by atoms with Crippen molar-refractivity contribution in [3.05, 3.63) is 77.8 Å². The second-order valence-electron chi connectivity index (χ2n) is 6.79. The monoisotopic (exact) mass is 474 g/mol. The number of amides is 1. The topological polar surface area (TPSA) is 93.7 Å². The summed E-state index contributed by atoms with van der Waals surface area (Å²) in [5, 5.41) is 2.74. The molecule has 3 aromatic carbocycles. The van der Waals surface area contributed by atoms with Crippen LogP contribution in [0.3, 0.4) is 0 Å². The number of benzene rings is 3. The molecule has 0 aliphatic rings. The number of ether oxygens (including phenoxy) is 2. The van der Waals surface area contributed by atoms with E-state index in [1.807, 2.05) is 30.3 Å². The number of carbonyl (C=O) groups is 1. The standard InChI is InChI=1S/C23H23ClN2O5S/c1-30-19-12-9-17(10-13-19)26-32(28,29)22-16-18(11-14-21(22)24)25-23(27)8-5-15-31-20-6-3-2-4-7-20/h2-4,6-7,9-14,16,26H,5,8,15H2,1H3,(H,25,27). The van der Waals surface area contributed by atoms with E-state index in [4.69, 9.17) is 21.1 Å². The van der Waals surface area contributed by atoms with Crippen LogP contribution >= 0.6 is 11.6 Å². The first-order valence-electron chi connectivity index (χ1n) is 9.81. The van der Waals surface area contributed by atoms with E-state index < -0.39 is 10.0 Å². The SMILES string of the molecule is COc1ccc(NS(=O)(=O)c2cc(NC(=O)CCCOc3ccccc3)ccc2Cl)cc1. The van der Waals surface area contributed by atoms with Gasteiger partial charge in [-0.25, -0.2) is 8.42 Å².